The molecule has 0 N–H and O–H groups in total. The van der Waals surface area contributed by atoms with Gasteiger partial charge in [0.25, 0.3) is 0 Å². The highest BCUT2D eigenvalue weighted by atomic mass is 32.1. The monoisotopic (exact) mass is 736 g/mol. The lowest BCUT2D eigenvalue weighted by Crippen LogP contribution is -2.29. The first kappa shape index (κ1) is 32.1. The molecule has 56 heavy (non-hydrogen) atoms. The fourth-order valence-corrected chi connectivity index (χ4v) is 11.6. The van der Waals surface area contributed by atoms with Crippen LogP contribution in [0.5, 0.6) is 0 Å². The van der Waals surface area contributed by atoms with Crippen molar-refractivity contribution in [2.24, 2.45) is 0 Å². The van der Waals surface area contributed by atoms with E-state index in [2.05, 4.69) is 193 Å². The van der Waals surface area contributed by atoms with Crippen molar-refractivity contribution in [2.45, 2.75) is 37.1 Å². The van der Waals surface area contributed by atoms with Gasteiger partial charge in [0, 0.05) is 55.3 Å². The Labute approximate surface area is 331 Å². The maximum absolute atomic E-state index is 2.49. The van der Waals surface area contributed by atoms with Crippen LogP contribution in [0.4, 0.5) is 5.69 Å². The lowest BCUT2D eigenvalue weighted by Gasteiger charge is -2.34. The van der Waals surface area contributed by atoms with Crippen LogP contribution in [0, 0.1) is 0 Å². The zero-order valence-electron chi connectivity index (χ0n) is 31.5. The van der Waals surface area contributed by atoms with E-state index >= 15 is 0 Å². The van der Waals surface area contributed by atoms with Crippen LogP contribution in [0.25, 0.3) is 69.9 Å². The van der Waals surface area contributed by atoms with Gasteiger partial charge in [0.15, 0.2) is 0 Å². The number of aromatic nitrogens is 1. The van der Waals surface area contributed by atoms with Gasteiger partial charge in [0.1, 0.15) is 0 Å². The van der Waals surface area contributed by atoms with Crippen LogP contribution in [0.1, 0.15) is 46.9 Å². The first-order chi connectivity index (χ1) is 27.6. The van der Waals surface area contributed by atoms with Gasteiger partial charge in [-0.2, -0.15) is 0 Å². The first-order valence-electron chi connectivity index (χ1n) is 20.0. The number of benzene rings is 7. The summed E-state index contributed by atoms with van der Waals surface area (Å²) in [6.45, 7) is 2.44. The molecule has 2 aliphatic carbocycles. The molecule has 1 aliphatic heterocycles. The molecule has 0 fully saturated rings. The fraction of sp³-hybridized carbons (Fsp3) is 0.132. The van der Waals surface area contributed by atoms with E-state index in [1.54, 1.807) is 0 Å². The second kappa shape index (κ2) is 12.2. The van der Waals surface area contributed by atoms with Gasteiger partial charge in [-0.15, -0.1) is 11.3 Å². The molecule has 0 saturated carbocycles. The molecule has 7 aromatic carbocycles. The Morgan fingerprint density at radius 3 is 2.23 bits per heavy atom. The second-order valence-electron chi connectivity index (χ2n) is 16.1. The number of rotatable bonds is 4. The molecule has 0 amide bonds. The van der Waals surface area contributed by atoms with E-state index < -0.39 is 0 Å². The van der Waals surface area contributed by atoms with Gasteiger partial charge in [-0.25, -0.2) is 0 Å². The number of hydrogen-bond donors (Lipinski definition) is 0. The molecule has 0 bridgehead atoms. The molecule has 3 aliphatic rings. The highest BCUT2D eigenvalue weighted by molar-refractivity contribution is 7.25. The quantitative estimate of drug-likeness (QED) is 0.175. The molecular weight excluding hydrogens is 697 g/mol. The normalized spacial score (nSPS) is 19.7. The standard InChI is InChI=1S/C53H40N2S/c1-32-37-23-20-34(29-44(37)39-12-4-3-11-38(39)43(32)27-33-19-26-53-47(28-33)42-15-7-10-18-52(42)56-53)35-21-24-51-45(30-35)41-14-6-9-17-50(41)55(51)36-22-25-49-46(31-36)40-13-5-8-16-48(40)54(49)2/h3-26,28-32,43,46,49H,27H2,1-2H3. The number of anilines is 1. The summed E-state index contributed by atoms with van der Waals surface area (Å²) in [7, 11) is 2.22. The number of likely N-dealkylation sites (N-methyl/N-ethyl adjacent to an activating group) is 1. The zero-order chi connectivity index (χ0) is 37.1. The molecule has 268 valence electrons. The third-order valence-corrected chi connectivity index (χ3v) is 14.4. The van der Waals surface area contributed by atoms with Crippen LogP contribution >= 0.6 is 11.3 Å². The molecular formula is C53H40N2S. The van der Waals surface area contributed by atoms with Crippen molar-refractivity contribution in [2.75, 3.05) is 11.9 Å². The summed E-state index contributed by atoms with van der Waals surface area (Å²) in [5.74, 6) is 1.13. The number of allylic oxidation sites excluding steroid dienone is 2. The molecule has 4 atom stereocenters. The van der Waals surface area contributed by atoms with Gasteiger partial charge in [-0.1, -0.05) is 122 Å². The second-order valence-corrected chi connectivity index (χ2v) is 17.2. The van der Waals surface area contributed by atoms with Crippen molar-refractivity contribution in [3.63, 3.8) is 0 Å². The predicted octanol–water partition coefficient (Wildman–Crippen LogP) is 14.0. The summed E-state index contributed by atoms with van der Waals surface area (Å²) in [5.41, 5.74) is 16.1. The number of para-hydroxylation sites is 2. The fourth-order valence-electron chi connectivity index (χ4n) is 10.5. The van der Waals surface area contributed by atoms with Gasteiger partial charge in [-0.05, 0) is 117 Å². The van der Waals surface area contributed by atoms with Crippen LogP contribution in [0.15, 0.2) is 170 Å². The van der Waals surface area contributed by atoms with E-state index in [1.165, 1.54) is 97.9 Å². The average molecular weight is 737 g/mol. The third-order valence-electron chi connectivity index (χ3n) is 13.3. The van der Waals surface area contributed by atoms with E-state index in [9.17, 15) is 0 Å². The van der Waals surface area contributed by atoms with Crippen LogP contribution < -0.4 is 4.90 Å². The summed E-state index contributed by atoms with van der Waals surface area (Å²) >= 11 is 1.90. The number of thiophene rings is 1. The largest absolute Gasteiger partial charge is 0.367 e. The Bertz CT molecular complexity index is 3140. The summed E-state index contributed by atoms with van der Waals surface area (Å²) in [6, 6.07) is 57.7. The van der Waals surface area contributed by atoms with Gasteiger partial charge < -0.3 is 9.47 Å². The molecule has 0 radical (unpaired) electrons. The molecule has 9 aromatic rings. The molecule has 0 spiro atoms. The Kier molecular flexibility index (Phi) is 6.98. The maximum atomic E-state index is 2.49. The minimum atomic E-state index is 0.331. The average Bonchev–Trinajstić information content (AvgIpc) is 3.89. The summed E-state index contributed by atoms with van der Waals surface area (Å²) in [5, 5.41) is 5.34. The van der Waals surface area contributed by atoms with Crippen molar-refractivity contribution in [1.82, 2.24) is 4.57 Å². The minimum absolute atomic E-state index is 0.331. The molecule has 4 unspecified atom stereocenters. The van der Waals surface area contributed by atoms with Crippen molar-refractivity contribution in [3.05, 3.63) is 192 Å². The summed E-state index contributed by atoms with van der Waals surface area (Å²) < 4.78 is 5.22. The van der Waals surface area contributed by atoms with Gasteiger partial charge >= 0.3 is 0 Å². The smallest absolute Gasteiger partial charge is 0.0578 e. The summed E-state index contributed by atoms with van der Waals surface area (Å²) in [4.78, 5) is 2.42. The SMILES string of the molecule is CC1c2ccc(-c3ccc4c(c3)c3ccccc3n4C3=CC4c5ccccc5N(C)C4C=C3)cc2-c2ccccc2C1Cc1ccc2sc3ccccc3c2c1. The van der Waals surface area contributed by atoms with E-state index in [4.69, 9.17) is 0 Å². The van der Waals surface area contributed by atoms with E-state index in [0.717, 1.165) is 6.42 Å². The van der Waals surface area contributed by atoms with Crippen molar-refractivity contribution >= 4 is 64.7 Å². The molecule has 3 heteroatoms. The van der Waals surface area contributed by atoms with Crippen molar-refractivity contribution < 1.29 is 0 Å². The van der Waals surface area contributed by atoms with Crippen LogP contribution in [0.3, 0.4) is 0 Å². The first-order valence-corrected chi connectivity index (χ1v) is 20.8. The van der Waals surface area contributed by atoms with Crippen LogP contribution in [0.2, 0.25) is 0 Å². The number of nitrogens with zero attached hydrogens (tertiary/aromatic N) is 2. The molecule has 0 saturated heterocycles. The Hall–Kier alpha value is -6.16. The summed E-state index contributed by atoms with van der Waals surface area (Å²) in [6.07, 6.45) is 8.25. The van der Waals surface area contributed by atoms with E-state index in [1.807, 2.05) is 11.3 Å². The zero-order valence-corrected chi connectivity index (χ0v) is 32.3. The Morgan fingerprint density at radius 1 is 0.571 bits per heavy atom. The highest BCUT2D eigenvalue weighted by Crippen LogP contribution is 2.50. The Morgan fingerprint density at radius 2 is 1.30 bits per heavy atom. The molecule has 2 aromatic heterocycles. The third kappa shape index (κ3) is 4.67. The van der Waals surface area contributed by atoms with Gasteiger partial charge in [0.2, 0.25) is 0 Å². The van der Waals surface area contributed by atoms with Crippen molar-refractivity contribution in [3.8, 4) is 22.3 Å². The highest BCUT2D eigenvalue weighted by Gasteiger charge is 2.36. The number of hydrogen-bond acceptors (Lipinski definition) is 2. The topological polar surface area (TPSA) is 8.17 Å². The predicted molar refractivity (Wildman–Crippen MR) is 239 cm³/mol. The minimum Gasteiger partial charge on any atom is -0.367 e. The van der Waals surface area contributed by atoms with Crippen LogP contribution in [-0.4, -0.2) is 17.7 Å². The van der Waals surface area contributed by atoms with Gasteiger partial charge in [0.05, 0.1) is 17.1 Å². The molecule has 3 heterocycles. The molecule has 2 nitrogen and oxygen atoms in total. The van der Waals surface area contributed by atoms with E-state index in [0.29, 0.717) is 23.8 Å². The lowest BCUT2D eigenvalue weighted by atomic mass is 9.70. The number of fused-ring (bicyclic) bond motifs is 12. The maximum Gasteiger partial charge on any atom is 0.0578 e. The van der Waals surface area contributed by atoms with Crippen molar-refractivity contribution in [1.29, 1.82) is 0 Å². The Balaban J connectivity index is 0.923. The lowest BCUT2D eigenvalue weighted by molar-refractivity contribution is 0.566. The van der Waals surface area contributed by atoms with Crippen LogP contribution in [-0.2, 0) is 6.42 Å². The van der Waals surface area contributed by atoms with Gasteiger partial charge in [-0.3, -0.25) is 0 Å². The van der Waals surface area contributed by atoms with E-state index in [-0.39, 0.29) is 0 Å². The molecule has 12 rings (SSSR count).